The summed E-state index contributed by atoms with van der Waals surface area (Å²) in [6, 6.07) is 8.73. The number of hydrogen-bond acceptors (Lipinski definition) is 4. The summed E-state index contributed by atoms with van der Waals surface area (Å²) in [4.78, 5) is 28.0. The number of carbonyl (C=O) groups is 2. The number of aryl methyl sites for hydroxylation is 1. The number of hydrogen-bond donors (Lipinski definition) is 1. The molecule has 31 heavy (non-hydrogen) atoms. The van der Waals surface area contributed by atoms with Gasteiger partial charge in [0.15, 0.2) is 0 Å². The van der Waals surface area contributed by atoms with Gasteiger partial charge in [-0.25, -0.2) is 0 Å². The van der Waals surface area contributed by atoms with E-state index in [1.165, 1.54) is 0 Å². The zero-order valence-corrected chi connectivity index (χ0v) is 18.8. The van der Waals surface area contributed by atoms with Gasteiger partial charge in [0, 0.05) is 11.6 Å². The predicted octanol–water partition coefficient (Wildman–Crippen LogP) is 5.64. The molecule has 2 aliphatic rings. The van der Waals surface area contributed by atoms with Crippen molar-refractivity contribution in [2.75, 3.05) is 0 Å². The first-order chi connectivity index (χ1) is 14.7. The summed E-state index contributed by atoms with van der Waals surface area (Å²) in [5.41, 5.74) is 2.51. The maximum atomic E-state index is 13.2. The first-order valence-corrected chi connectivity index (χ1v) is 11.1. The molecular weight excluding hydrogens is 390 g/mol. The van der Waals surface area contributed by atoms with Crippen LogP contribution in [-0.4, -0.2) is 27.7 Å². The molecule has 2 fully saturated rings. The Morgan fingerprint density at radius 1 is 1.10 bits per heavy atom. The van der Waals surface area contributed by atoms with Gasteiger partial charge in [-0.1, -0.05) is 52.2 Å². The molecule has 2 aromatic rings. The van der Waals surface area contributed by atoms with Crippen LogP contribution in [0.25, 0.3) is 5.76 Å². The van der Waals surface area contributed by atoms with Crippen LogP contribution in [0.5, 0.6) is 0 Å². The van der Waals surface area contributed by atoms with Gasteiger partial charge in [0.05, 0.1) is 11.8 Å². The molecule has 5 nitrogen and oxygen atoms in total. The molecule has 0 bridgehead atoms. The maximum Gasteiger partial charge on any atom is 0.296 e. The quantitative estimate of drug-likeness (QED) is 0.395. The SMILES string of the molecule is Cc1ccc(C(C)(C)C)cc1/C(O)=C1\C(=O)C(=O)N(C2CCCCC2)C1c1ccco1. The molecule has 1 saturated carbocycles. The molecule has 1 aromatic carbocycles. The van der Waals surface area contributed by atoms with Crippen LogP contribution in [0, 0.1) is 6.92 Å². The van der Waals surface area contributed by atoms with E-state index in [-0.39, 0.29) is 22.8 Å². The lowest BCUT2D eigenvalue weighted by molar-refractivity contribution is -0.142. The van der Waals surface area contributed by atoms with Crippen LogP contribution in [0.4, 0.5) is 0 Å². The van der Waals surface area contributed by atoms with Crippen LogP contribution >= 0.6 is 0 Å². The first-order valence-electron chi connectivity index (χ1n) is 11.1. The lowest BCUT2D eigenvalue weighted by Crippen LogP contribution is -2.40. The maximum absolute atomic E-state index is 13.2. The summed E-state index contributed by atoms with van der Waals surface area (Å²) < 4.78 is 5.67. The predicted molar refractivity (Wildman–Crippen MR) is 120 cm³/mol. The van der Waals surface area contributed by atoms with E-state index < -0.39 is 17.7 Å². The van der Waals surface area contributed by atoms with E-state index in [4.69, 9.17) is 4.42 Å². The number of aliphatic hydroxyl groups is 1. The van der Waals surface area contributed by atoms with Crippen molar-refractivity contribution in [3.63, 3.8) is 0 Å². The largest absolute Gasteiger partial charge is 0.507 e. The standard InChI is InChI=1S/C26H31NO4/c1-16-12-13-17(26(2,3)4)15-19(16)23(28)21-22(20-11-8-14-31-20)27(25(30)24(21)29)18-9-6-5-7-10-18/h8,11-15,18,22,28H,5-7,9-10H2,1-4H3/b23-21+. The lowest BCUT2D eigenvalue weighted by atomic mass is 9.84. The van der Waals surface area contributed by atoms with Crippen LogP contribution in [0.1, 0.15) is 81.4 Å². The van der Waals surface area contributed by atoms with Crippen molar-refractivity contribution in [3.05, 3.63) is 64.6 Å². The molecule has 0 spiro atoms. The number of furan rings is 1. The molecule has 1 atom stereocenters. The van der Waals surface area contributed by atoms with Crippen molar-refractivity contribution < 1.29 is 19.1 Å². The van der Waals surface area contributed by atoms with Gasteiger partial charge < -0.3 is 14.4 Å². The average Bonchev–Trinajstić information content (AvgIpc) is 3.35. The highest BCUT2D eigenvalue weighted by Gasteiger charge is 2.50. The fraction of sp³-hybridized carbons (Fsp3) is 0.462. The fourth-order valence-electron chi connectivity index (χ4n) is 4.80. The molecule has 1 unspecified atom stereocenters. The van der Waals surface area contributed by atoms with Gasteiger partial charge >= 0.3 is 0 Å². The fourth-order valence-corrected chi connectivity index (χ4v) is 4.80. The number of aliphatic hydroxyl groups excluding tert-OH is 1. The Labute approximate surface area is 183 Å². The Balaban J connectivity index is 1.88. The van der Waals surface area contributed by atoms with Gasteiger partial charge in [0.25, 0.3) is 11.7 Å². The molecule has 0 radical (unpaired) electrons. The number of amides is 1. The van der Waals surface area contributed by atoms with Crippen LogP contribution in [0.2, 0.25) is 0 Å². The monoisotopic (exact) mass is 421 g/mol. The van der Waals surface area contributed by atoms with Crippen molar-refractivity contribution in [2.24, 2.45) is 0 Å². The summed E-state index contributed by atoms with van der Waals surface area (Å²) >= 11 is 0. The molecule has 5 heteroatoms. The van der Waals surface area contributed by atoms with E-state index in [1.54, 1.807) is 23.3 Å². The van der Waals surface area contributed by atoms with Crippen LogP contribution < -0.4 is 0 Å². The summed E-state index contributed by atoms with van der Waals surface area (Å²) in [6.07, 6.45) is 6.48. The second-order valence-electron chi connectivity index (χ2n) is 9.79. The minimum absolute atomic E-state index is 0.0207. The Kier molecular flexibility index (Phi) is 5.54. The molecule has 4 rings (SSSR count). The molecule has 1 aliphatic carbocycles. The molecule has 1 aliphatic heterocycles. The number of rotatable bonds is 3. The highest BCUT2D eigenvalue weighted by atomic mass is 16.3. The van der Waals surface area contributed by atoms with Crippen LogP contribution in [0.15, 0.2) is 46.6 Å². The van der Waals surface area contributed by atoms with Crippen molar-refractivity contribution in [1.29, 1.82) is 0 Å². The Morgan fingerprint density at radius 2 is 1.81 bits per heavy atom. The second kappa shape index (κ2) is 8.03. The van der Waals surface area contributed by atoms with E-state index in [2.05, 4.69) is 20.8 Å². The van der Waals surface area contributed by atoms with Crippen molar-refractivity contribution in [3.8, 4) is 0 Å². The third-order valence-corrected chi connectivity index (χ3v) is 6.62. The smallest absolute Gasteiger partial charge is 0.296 e. The second-order valence-corrected chi connectivity index (χ2v) is 9.79. The number of Topliss-reactive ketones (excluding diaryl/α,β-unsaturated/α-hetero) is 1. The van der Waals surface area contributed by atoms with Crippen molar-refractivity contribution in [2.45, 2.75) is 77.3 Å². The summed E-state index contributed by atoms with van der Waals surface area (Å²) in [6.45, 7) is 8.21. The minimum atomic E-state index is -0.698. The lowest BCUT2D eigenvalue weighted by Gasteiger charge is -2.34. The summed E-state index contributed by atoms with van der Waals surface area (Å²) in [5, 5.41) is 11.4. The van der Waals surface area contributed by atoms with Gasteiger partial charge in [0.1, 0.15) is 17.6 Å². The van der Waals surface area contributed by atoms with Crippen LogP contribution in [0.3, 0.4) is 0 Å². The van der Waals surface area contributed by atoms with Crippen molar-refractivity contribution >= 4 is 17.4 Å². The van der Waals surface area contributed by atoms with Gasteiger partial charge in [-0.15, -0.1) is 0 Å². The van der Waals surface area contributed by atoms with Gasteiger partial charge in [-0.05, 0) is 54.5 Å². The van der Waals surface area contributed by atoms with E-state index in [0.717, 1.165) is 43.2 Å². The highest BCUT2D eigenvalue weighted by molar-refractivity contribution is 6.46. The number of benzene rings is 1. The van der Waals surface area contributed by atoms with Gasteiger partial charge in [-0.2, -0.15) is 0 Å². The van der Waals surface area contributed by atoms with E-state index in [0.29, 0.717) is 11.3 Å². The zero-order chi connectivity index (χ0) is 22.3. The molecule has 1 N–H and O–H groups in total. The molecular formula is C26H31NO4. The zero-order valence-electron chi connectivity index (χ0n) is 18.8. The van der Waals surface area contributed by atoms with Gasteiger partial charge in [-0.3, -0.25) is 9.59 Å². The first kappa shape index (κ1) is 21.4. The number of ketones is 1. The molecule has 1 amide bonds. The Bertz CT molecular complexity index is 1020. The van der Waals surface area contributed by atoms with Crippen molar-refractivity contribution in [1.82, 2.24) is 4.90 Å². The normalized spacial score (nSPS) is 22.3. The third kappa shape index (κ3) is 3.82. The summed E-state index contributed by atoms with van der Waals surface area (Å²) in [7, 11) is 0. The molecule has 2 heterocycles. The minimum Gasteiger partial charge on any atom is -0.507 e. The van der Waals surface area contributed by atoms with E-state index in [1.807, 2.05) is 25.1 Å². The highest BCUT2D eigenvalue weighted by Crippen LogP contribution is 2.43. The number of carbonyl (C=O) groups excluding carboxylic acids is 2. The van der Waals surface area contributed by atoms with E-state index >= 15 is 0 Å². The Hall–Kier alpha value is -2.82. The third-order valence-electron chi connectivity index (χ3n) is 6.62. The topological polar surface area (TPSA) is 70.8 Å². The average molecular weight is 422 g/mol. The van der Waals surface area contributed by atoms with Crippen LogP contribution in [-0.2, 0) is 15.0 Å². The molecule has 164 valence electrons. The number of likely N-dealkylation sites (tertiary alicyclic amines) is 1. The van der Waals surface area contributed by atoms with E-state index in [9.17, 15) is 14.7 Å². The molecule has 1 aromatic heterocycles. The molecule has 1 saturated heterocycles. The number of nitrogens with zero attached hydrogens (tertiary/aromatic N) is 1. The van der Waals surface area contributed by atoms with Gasteiger partial charge in [0.2, 0.25) is 0 Å². The summed E-state index contributed by atoms with van der Waals surface area (Å²) in [5.74, 6) is -0.790. The Morgan fingerprint density at radius 3 is 2.42 bits per heavy atom.